The molecule has 34 heavy (non-hydrogen) atoms. The molecule has 0 saturated carbocycles. The minimum atomic E-state index is -0.795. The summed E-state index contributed by atoms with van der Waals surface area (Å²) < 4.78 is 3.60. The van der Waals surface area contributed by atoms with Crippen LogP contribution in [0.15, 0.2) is 39.9 Å². The van der Waals surface area contributed by atoms with Gasteiger partial charge in [0.2, 0.25) is 5.72 Å². The summed E-state index contributed by atoms with van der Waals surface area (Å²) in [5.74, 6) is 1.26. The van der Waals surface area contributed by atoms with Crippen molar-refractivity contribution in [3.8, 4) is 0 Å². The molecule has 0 radical (unpaired) electrons. The minimum Gasteiger partial charge on any atom is -0.350 e. The monoisotopic (exact) mass is 531 g/mol. The Morgan fingerprint density at radius 2 is 1.44 bits per heavy atom. The van der Waals surface area contributed by atoms with Gasteiger partial charge < -0.3 is 5.11 Å². The number of benzene rings is 1. The maximum Gasteiger partial charge on any atom is 0.277 e. The molecular formula is C30H48BrN2O+. The van der Waals surface area contributed by atoms with Crippen molar-refractivity contribution in [3.63, 3.8) is 0 Å². The molecule has 1 aromatic rings. The summed E-state index contributed by atoms with van der Waals surface area (Å²) in [5.41, 5.74) is 2.96. The van der Waals surface area contributed by atoms with Crippen molar-refractivity contribution >= 4 is 21.8 Å². The van der Waals surface area contributed by atoms with Crippen molar-refractivity contribution in [1.29, 1.82) is 0 Å². The van der Waals surface area contributed by atoms with Gasteiger partial charge in [-0.15, -0.1) is 0 Å². The van der Waals surface area contributed by atoms with Gasteiger partial charge in [0.05, 0.1) is 13.1 Å². The van der Waals surface area contributed by atoms with E-state index < -0.39 is 5.72 Å². The molecule has 2 heterocycles. The van der Waals surface area contributed by atoms with Crippen molar-refractivity contribution in [1.82, 2.24) is 4.90 Å². The Morgan fingerprint density at radius 3 is 2.03 bits per heavy atom. The first-order chi connectivity index (χ1) is 16.5. The molecule has 0 spiro atoms. The minimum absolute atomic E-state index is 0.795. The smallest absolute Gasteiger partial charge is 0.277 e. The molecule has 0 saturated heterocycles. The van der Waals surface area contributed by atoms with E-state index in [0.717, 1.165) is 48.9 Å². The average molecular weight is 533 g/mol. The lowest BCUT2D eigenvalue weighted by Gasteiger charge is -2.34. The SMILES string of the molecule is CCCCCCCCCCCCCCC1(O)C(C)=C(C)C2=[N+](Cc3ccc(Br)cc3)CCCN21. The number of unbranched alkanes of at least 4 members (excludes halogenated alkanes) is 11. The number of fused-ring (bicyclic) bond motifs is 1. The van der Waals surface area contributed by atoms with Gasteiger partial charge in [-0.25, -0.2) is 4.90 Å². The highest BCUT2D eigenvalue weighted by atomic mass is 79.9. The van der Waals surface area contributed by atoms with Crippen molar-refractivity contribution < 1.29 is 9.68 Å². The molecule has 4 heteroatoms. The van der Waals surface area contributed by atoms with Crippen LogP contribution in [0.25, 0.3) is 0 Å². The lowest BCUT2D eigenvalue weighted by atomic mass is 9.96. The Labute approximate surface area is 217 Å². The average Bonchev–Trinajstić information content (AvgIpc) is 3.03. The first-order valence-electron chi connectivity index (χ1n) is 14.0. The molecule has 190 valence electrons. The molecule has 1 N–H and O–H groups in total. The molecular weight excluding hydrogens is 484 g/mol. The van der Waals surface area contributed by atoms with Crippen LogP contribution in [0.1, 0.15) is 116 Å². The summed E-state index contributed by atoms with van der Waals surface area (Å²) in [7, 11) is 0. The molecule has 3 rings (SSSR count). The van der Waals surface area contributed by atoms with Crippen LogP contribution in [-0.2, 0) is 6.54 Å². The fraction of sp³-hybridized carbons (Fsp3) is 0.700. The Balaban J connectivity index is 1.46. The van der Waals surface area contributed by atoms with Crippen LogP contribution in [0.4, 0.5) is 0 Å². The highest BCUT2D eigenvalue weighted by Crippen LogP contribution is 2.39. The molecule has 0 amide bonds. The van der Waals surface area contributed by atoms with Crippen LogP contribution in [0.5, 0.6) is 0 Å². The third-order valence-electron chi connectivity index (χ3n) is 7.98. The second-order valence-electron chi connectivity index (χ2n) is 10.6. The van der Waals surface area contributed by atoms with E-state index in [1.807, 2.05) is 0 Å². The zero-order valence-electron chi connectivity index (χ0n) is 22.0. The topological polar surface area (TPSA) is 26.5 Å². The molecule has 0 fully saturated rings. The molecule has 2 aliphatic heterocycles. The molecule has 1 aromatic carbocycles. The Bertz CT molecular complexity index is 829. The summed E-state index contributed by atoms with van der Waals surface area (Å²) in [6, 6.07) is 8.63. The lowest BCUT2D eigenvalue weighted by Crippen LogP contribution is -2.53. The van der Waals surface area contributed by atoms with Crippen LogP contribution in [0, 0.1) is 0 Å². The molecule has 0 bridgehead atoms. The number of rotatable bonds is 15. The summed E-state index contributed by atoms with van der Waals surface area (Å²) in [6.07, 6.45) is 18.1. The Morgan fingerprint density at radius 1 is 0.882 bits per heavy atom. The third kappa shape index (κ3) is 7.20. The van der Waals surface area contributed by atoms with Gasteiger partial charge in [-0.1, -0.05) is 106 Å². The second-order valence-corrected chi connectivity index (χ2v) is 11.5. The third-order valence-corrected chi connectivity index (χ3v) is 8.50. The van der Waals surface area contributed by atoms with Crippen molar-refractivity contribution in [3.05, 3.63) is 45.4 Å². The summed E-state index contributed by atoms with van der Waals surface area (Å²) in [5, 5.41) is 11.8. The van der Waals surface area contributed by atoms with Gasteiger partial charge in [0, 0.05) is 28.5 Å². The Kier molecular flexibility index (Phi) is 11.2. The van der Waals surface area contributed by atoms with Gasteiger partial charge in [0.15, 0.2) is 0 Å². The standard InChI is InChI=1S/C30H48BrN2O/c1-4-5-6-7-8-9-10-11-12-13-14-15-21-30(34)26(3)25(2)29-32(22-16-23-33(29)30)24-27-17-19-28(31)20-18-27/h17-20,34H,4-16,21-24H2,1-3H3/q+1. The summed E-state index contributed by atoms with van der Waals surface area (Å²) in [6.45, 7) is 9.56. The summed E-state index contributed by atoms with van der Waals surface area (Å²) >= 11 is 3.54. The Hall–Kier alpha value is -1.13. The highest BCUT2D eigenvalue weighted by Gasteiger charge is 2.53. The molecule has 3 nitrogen and oxygen atoms in total. The van der Waals surface area contributed by atoms with E-state index >= 15 is 0 Å². The van der Waals surface area contributed by atoms with E-state index in [2.05, 4.69) is 70.4 Å². The first-order valence-corrected chi connectivity index (χ1v) is 14.8. The van der Waals surface area contributed by atoms with Crippen LogP contribution >= 0.6 is 15.9 Å². The molecule has 2 aliphatic rings. The van der Waals surface area contributed by atoms with Gasteiger partial charge in [0.25, 0.3) is 5.84 Å². The molecule has 1 atom stereocenters. The van der Waals surface area contributed by atoms with Crippen LogP contribution in [0.2, 0.25) is 0 Å². The quantitative estimate of drug-likeness (QED) is 0.182. The predicted octanol–water partition coefficient (Wildman–Crippen LogP) is 8.20. The van der Waals surface area contributed by atoms with Gasteiger partial charge in [0.1, 0.15) is 6.54 Å². The molecule has 0 aromatic heterocycles. The van der Waals surface area contributed by atoms with Crippen LogP contribution < -0.4 is 0 Å². The zero-order chi connectivity index (χ0) is 24.4. The molecule has 1 unspecified atom stereocenters. The number of nitrogens with zero attached hydrogens (tertiary/aromatic N) is 2. The van der Waals surface area contributed by atoms with E-state index in [0.29, 0.717) is 0 Å². The fourth-order valence-electron chi connectivity index (χ4n) is 5.77. The van der Waals surface area contributed by atoms with Crippen molar-refractivity contribution in [2.75, 3.05) is 13.1 Å². The van der Waals surface area contributed by atoms with E-state index in [1.165, 1.54) is 87.6 Å². The number of amidine groups is 1. The molecule has 0 aliphatic carbocycles. The first kappa shape index (κ1) is 27.5. The van der Waals surface area contributed by atoms with E-state index in [9.17, 15) is 5.11 Å². The number of hydrogen-bond donors (Lipinski definition) is 1. The number of hydrogen-bond acceptors (Lipinski definition) is 2. The van der Waals surface area contributed by atoms with Gasteiger partial charge in [-0.2, -0.15) is 0 Å². The highest BCUT2D eigenvalue weighted by molar-refractivity contribution is 9.10. The van der Waals surface area contributed by atoms with E-state index in [-0.39, 0.29) is 0 Å². The maximum atomic E-state index is 11.8. The zero-order valence-corrected chi connectivity index (χ0v) is 23.6. The lowest BCUT2D eigenvalue weighted by molar-refractivity contribution is -0.554. The number of aliphatic hydroxyl groups is 1. The van der Waals surface area contributed by atoms with Gasteiger partial charge in [-0.3, -0.25) is 4.58 Å². The van der Waals surface area contributed by atoms with Crippen LogP contribution in [-0.4, -0.2) is 39.2 Å². The van der Waals surface area contributed by atoms with Crippen LogP contribution in [0.3, 0.4) is 0 Å². The van der Waals surface area contributed by atoms with Gasteiger partial charge >= 0.3 is 0 Å². The van der Waals surface area contributed by atoms with E-state index in [4.69, 9.17) is 0 Å². The largest absolute Gasteiger partial charge is 0.350 e. The number of halogens is 1. The normalized spacial score (nSPS) is 20.4. The fourth-order valence-corrected chi connectivity index (χ4v) is 6.04. The van der Waals surface area contributed by atoms with Crippen molar-refractivity contribution in [2.45, 2.75) is 123 Å². The second kappa shape index (κ2) is 13.8. The van der Waals surface area contributed by atoms with E-state index in [1.54, 1.807) is 0 Å². The summed E-state index contributed by atoms with van der Waals surface area (Å²) in [4.78, 5) is 2.32. The predicted molar refractivity (Wildman–Crippen MR) is 148 cm³/mol. The van der Waals surface area contributed by atoms with Gasteiger partial charge in [-0.05, 0) is 38.0 Å². The maximum absolute atomic E-state index is 11.8. The van der Waals surface area contributed by atoms with Crippen molar-refractivity contribution in [2.24, 2.45) is 0 Å².